The van der Waals surface area contributed by atoms with E-state index in [4.69, 9.17) is 5.26 Å². The second-order valence-corrected chi connectivity index (χ2v) is 6.39. The molecule has 0 radical (unpaired) electrons. The van der Waals surface area contributed by atoms with Crippen molar-refractivity contribution in [2.75, 3.05) is 0 Å². The minimum absolute atomic E-state index is 0.113. The molecule has 1 saturated carbocycles. The predicted octanol–water partition coefficient (Wildman–Crippen LogP) is 4.34. The van der Waals surface area contributed by atoms with Crippen LogP contribution >= 0.6 is 11.3 Å². The lowest BCUT2D eigenvalue weighted by Crippen LogP contribution is -2.31. The van der Waals surface area contributed by atoms with Crippen molar-refractivity contribution in [3.63, 3.8) is 0 Å². The van der Waals surface area contributed by atoms with E-state index in [1.54, 1.807) is 11.3 Å². The van der Waals surface area contributed by atoms with Crippen LogP contribution < -0.4 is 5.32 Å². The maximum absolute atomic E-state index is 13.9. The van der Waals surface area contributed by atoms with Crippen LogP contribution in [0.3, 0.4) is 0 Å². The van der Waals surface area contributed by atoms with E-state index >= 15 is 0 Å². The first-order chi connectivity index (χ1) is 10.3. The van der Waals surface area contributed by atoms with Crippen LogP contribution in [0.2, 0.25) is 0 Å². The van der Waals surface area contributed by atoms with Crippen molar-refractivity contribution in [3.8, 4) is 16.5 Å². The molecule has 1 aromatic heterocycles. The molecule has 3 rings (SSSR count). The van der Waals surface area contributed by atoms with Crippen LogP contribution in [-0.2, 0) is 6.54 Å². The fraction of sp³-hybridized carbons (Fsp3) is 0.353. The molecule has 0 aliphatic heterocycles. The Morgan fingerprint density at radius 2 is 2.24 bits per heavy atom. The first-order valence-electron chi connectivity index (χ1n) is 7.23. The summed E-state index contributed by atoms with van der Waals surface area (Å²) in [6, 6.07) is 11.8. The summed E-state index contributed by atoms with van der Waals surface area (Å²) in [5.41, 5.74) is 1.72. The summed E-state index contributed by atoms with van der Waals surface area (Å²) < 4.78 is 13.9. The van der Waals surface area contributed by atoms with E-state index in [2.05, 4.69) is 11.4 Å². The van der Waals surface area contributed by atoms with Crippen molar-refractivity contribution >= 4 is 11.3 Å². The van der Waals surface area contributed by atoms with E-state index in [1.165, 1.54) is 6.07 Å². The van der Waals surface area contributed by atoms with Gasteiger partial charge in [-0.3, -0.25) is 0 Å². The Morgan fingerprint density at radius 3 is 3.00 bits per heavy atom. The zero-order valence-electron chi connectivity index (χ0n) is 11.7. The third kappa shape index (κ3) is 3.15. The molecule has 2 atom stereocenters. The van der Waals surface area contributed by atoms with Crippen LogP contribution in [0.4, 0.5) is 4.39 Å². The normalized spacial score (nSPS) is 21.3. The third-order valence-corrected chi connectivity index (χ3v) is 4.97. The van der Waals surface area contributed by atoms with Gasteiger partial charge in [0.25, 0.3) is 0 Å². The van der Waals surface area contributed by atoms with Crippen molar-refractivity contribution < 1.29 is 4.39 Å². The van der Waals surface area contributed by atoms with Gasteiger partial charge >= 0.3 is 0 Å². The van der Waals surface area contributed by atoms with E-state index in [0.29, 0.717) is 12.1 Å². The molecule has 1 aromatic carbocycles. The van der Waals surface area contributed by atoms with E-state index in [-0.39, 0.29) is 17.8 Å². The molecule has 1 fully saturated rings. The highest BCUT2D eigenvalue weighted by atomic mass is 32.1. The minimum atomic E-state index is -0.183. The lowest BCUT2D eigenvalue weighted by molar-refractivity contribution is 0.464. The molecule has 21 heavy (non-hydrogen) atoms. The Labute approximate surface area is 128 Å². The standard InChI is InChI=1S/C17H17FN2S/c18-15-7-6-12(9-14(15)17-5-2-8-21-17)11-20-16-4-1-3-13(16)10-19/h2,5-9,13,16,20H,1,3-4,11H2. The van der Waals surface area contributed by atoms with Crippen LogP contribution in [0, 0.1) is 23.1 Å². The zero-order chi connectivity index (χ0) is 14.7. The Balaban J connectivity index is 1.72. The molecule has 1 heterocycles. The van der Waals surface area contributed by atoms with E-state index in [1.807, 2.05) is 29.6 Å². The monoisotopic (exact) mass is 300 g/mol. The number of rotatable bonds is 4. The molecular weight excluding hydrogens is 283 g/mol. The van der Waals surface area contributed by atoms with Crippen LogP contribution in [0.15, 0.2) is 35.7 Å². The Kier molecular flexibility index (Phi) is 4.33. The first kappa shape index (κ1) is 14.2. The molecule has 2 aromatic rings. The summed E-state index contributed by atoms with van der Waals surface area (Å²) in [5.74, 6) is -0.0702. The van der Waals surface area contributed by atoms with Crippen molar-refractivity contribution in [1.29, 1.82) is 5.26 Å². The number of nitrogens with zero attached hydrogens (tertiary/aromatic N) is 1. The molecule has 1 N–H and O–H groups in total. The van der Waals surface area contributed by atoms with Gasteiger partial charge in [-0.15, -0.1) is 11.3 Å². The molecule has 0 saturated heterocycles. The summed E-state index contributed by atoms with van der Waals surface area (Å²) in [4.78, 5) is 0.949. The van der Waals surface area contributed by atoms with Gasteiger partial charge in [-0.05, 0) is 42.0 Å². The van der Waals surface area contributed by atoms with Gasteiger partial charge in [0.15, 0.2) is 0 Å². The Morgan fingerprint density at radius 1 is 1.33 bits per heavy atom. The average Bonchev–Trinajstić information content (AvgIpc) is 3.17. The number of benzene rings is 1. The van der Waals surface area contributed by atoms with Crippen LogP contribution in [0.1, 0.15) is 24.8 Å². The maximum atomic E-state index is 13.9. The fourth-order valence-electron chi connectivity index (χ4n) is 2.91. The second kappa shape index (κ2) is 6.38. The van der Waals surface area contributed by atoms with Crippen molar-refractivity contribution in [2.45, 2.75) is 31.8 Å². The molecule has 2 nitrogen and oxygen atoms in total. The van der Waals surface area contributed by atoms with Crippen LogP contribution in [0.25, 0.3) is 10.4 Å². The van der Waals surface area contributed by atoms with E-state index < -0.39 is 0 Å². The van der Waals surface area contributed by atoms with Gasteiger partial charge in [0.05, 0.1) is 12.0 Å². The van der Waals surface area contributed by atoms with Crippen molar-refractivity contribution in [2.24, 2.45) is 5.92 Å². The smallest absolute Gasteiger partial charge is 0.131 e. The summed E-state index contributed by atoms with van der Waals surface area (Å²) in [6.07, 6.45) is 3.15. The molecule has 0 bridgehead atoms. The molecule has 0 spiro atoms. The number of halogens is 1. The highest BCUT2D eigenvalue weighted by Gasteiger charge is 2.26. The minimum Gasteiger partial charge on any atom is -0.309 e. The summed E-state index contributed by atoms with van der Waals surface area (Å²) in [7, 11) is 0. The third-order valence-electron chi connectivity index (χ3n) is 4.07. The second-order valence-electron chi connectivity index (χ2n) is 5.45. The highest BCUT2D eigenvalue weighted by molar-refractivity contribution is 7.13. The number of thiophene rings is 1. The molecule has 108 valence electrons. The molecule has 1 aliphatic carbocycles. The SMILES string of the molecule is N#CC1CCCC1NCc1ccc(F)c(-c2cccs2)c1. The number of nitrogens with one attached hydrogen (secondary N) is 1. The lowest BCUT2D eigenvalue weighted by Gasteiger charge is -2.16. The van der Waals surface area contributed by atoms with Gasteiger partial charge < -0.3 is 5.32 Å². The predicted molar refractivity (Wildman–Crippen MR) is 83.3 cm³/mol. The van der Waals surface area contributed by atoms with Gasteiger partial charge in [-0.2, -0.15) is 5.26 Å². The van der Waals surface area contributed by atoms with Crippen LogP contribution in [0.5, 0.6) is 0 Å². The fourth-order valence-corrected chi connectivity index (χ4v) is 3.66. The van der Waals surface area contributed by atoms with Gasteiger partial charge in [0.2, 0.25) is 0 Å². The van der Waals surface area contributed by atoms with Gasteiger partial charge in [0.1, 0.15) is 5.82 Å². The Bertz CT molecular complexity index is 645. The number of nitriles is 1. The topological polar surface area (TPSA) is 35.8 Å². The molecule has 0 amide bonds. The van der Waals surface area contributed by atoms with Gasteiger partial charge in [-0.1, -0.05) is 18.6 Å². The molecular formula is C17H17FN2S. The molecule has 4 heteroatoms. The first-order valence-corrected chi connectivity index (χ1v) is 8.11. The largest absolute Gasteiger partial charge is 0.309 e. The quantitative estimate of drug-likeness (QED) is 0.912. The van der Waals surface area contributed by atoms with E-state index in [0.717, 1.165) is 29.7 Å². The summed E-state index contributed by atoms with van der Waals surface area (Å²) in [5, 5.41) is 14.5. The zero-order valence-corrected chi connectivity index (χ0v) is 12.5. The van der Waals surface area contributed by atoms with Gasteiger partial charge in [-0.25, -0.2) is 4.39 Å². The summed E-state index contributed by atoms with van der Waals surface area (Å²) in [6.45, 7) is 0.682. The van der Waals surface area contributed by atoms with Crippen LogP contribution in [-0.4, -0.2) is 6.04 Å². The van der Waals surface area contributed by atoms with Crippen molar-refractivity contribution in [1.82, 2.24) is 5.32 Å². The van der Waals surface area contributed by atoms with Gasteiger partial charge in [0, 0.05) is 23.0 Å². The summed E-state index contributed by atoms with van der Waals surface area (Å²) >= 11 is 1.54. The average molecular weight is 300 g/mol. The Hall–Kier alpha value is -1.70. The van der Waals surface area contributed by atoms with E-state index in [9.17, 15) is 4.39 Å². The van der Waals surface area contributed by atoms with Crippen molar-refractivity contribution in [3.05, 3.63) is 47.1 Å². The lowest BCUT2D eigenvalue weighted by atomic mass is 10.0. The number of hydrogen-bond donors (Lipinski definition) is 1. The maximum Gasteiger partial charge on any atom is 0.131 e. The number of hydrogen-bond acceptors (Lipinski definition) is 3. The highest BCUT2D eigenvalue weighted by Crippen LogP contribution is 2.29. The molecule has 2 unspecified atom stereocenters. The molecule has 1 aliphatic rings.